The molecule has 11 heavy (non-hydrogen) atoms. The molecule has 0 fully saturated rings. The summed E-state index contributed by atoms with van der Waals surface area (Å²) >= 11 is 0. The zero-order chi connectivity index (χ0) is 8.85. The van der Waals surface area contributed by atoms with Crippen LogP contribution < -0.4 is 0 Å². The van der Waals surface area contributed by atoms with Gasteiger partial charge in [0.1, 0.15) is 5.78 Å². The third kappa shape index (κ3) is 5.84. The zero-order valence-electron chi connectivity index (χ0n) is 7.76. The molecule has 0 aliphatic rings. The molecule has 0 amide bonds. The second kappa shape index (κ2) is 5.11. The molecule has 0 aromatic rings. The predicted octanol–water partition coefficient (Wildman–Crippen LogP) is 2.81. The molecule has 0 aromatic carbocycles. The van der Waals surface area contributed by atoms with Gasteiger partial charge in [-0.1, -0.05) is 19.9 Å². The van der Waals surface area contributed by atoms with Crippen molar-refractivity contribution in [2.24, 2.45) is 11.8 Å². The molecule has 0 rings (SSSR count). The van der Waals surface area contributed by atoms with Gasteiger partial charge in [-0.15, -0.1) is 6.58 Å². The van der Waals surface area contributed by atoms with E-state index in [1.165, 1.54) is 0 Å². The Morgan fingerprint density at radius 2 is 2.09 bits per heavy atom. The Hall–Kier alpha value is -0.590. The molecule has 0 N–H and O–H groups in total. The molecule has 0 unspecified atom stereocenters. The summed E-state index contributed by atoms with van der Waals surface area (Å²) in [6.07, 6.45) is 3.72. The van der Waals surface area contributed by atoms with Crippen LogP contribution in [0.15, 0.2) is 12.7 Å². The Morgan fingerprint density at radius 1 is 1.55 bits per heavy atom. The van der Waals surface area contributed by atoms with Crippen molar-refractivity contribution in [3.63, 3.8) is 0 Å². The number of rotatable bonds is 5. The van der Waals surface area contributed by atoms with Gasteiger partial charge in [-0.05, 0) is 25.2 Å². The van der Waals surface area contributed by atoms with Gasteiger partial charge in [0.25, 0.3) is 0 Å². The summed E-state index contributed by atoms with van der Waals surface area (Å²) in [6.45, 7) is 9.60. The van der Waals surface area contributed by atoms with E-state index in [1.54, 1.807) is 6.92 Å². The Morgan fingerprint density at radius 3 is 2.45 bits per heavy atom. The van der Waals surface area contributed by atoms with E-state index in [1.807, 2.05) is 6.08 Å². The lowest BCUT2D eigenvalue weighted by Gasteiger charge is -2.11. The molecule has 0 heterocycles. The van der Waals surface area contributed by atoms with Crippen molar-refractivity contribution in [2.75, 3.05) is 0 Å². The van der Waals surface area contributed by atoms with Crippen molar-refractivity contribution < 1.29 is 4.79 Å². The van der Waals surface area contributed by atoms with Gasteiger partial charge in [-0.25, -0.2) is 0 Å². The number of carbonyl (C=O) groups excluding carboxylic acids is 1. The highest BCUT2D eigenvalue weighted by Crippen LogP contribution is 2.15. The lowest BCUT2D eigenvalue weighted by Crippen LogP contribution is -2.05. The average molecular weight is 154 g/mol. The van der Waals surface area contributed by atoms with Crippen LogP contribution in [0.4, 0.5) is 0 Å². The summed E-state index contributed by atoms with van der Waals surface area (Å²) in [4.78, 5) is 10.7. The van der Waals surface area contributed by atoms with E-state index in [0.29, 0.717) is 18.3 Å². The topological polar surface area (TPSA) is 17.1 Å². The van der Waals surface area contributed by atoms with Gasteiger partial charge in [0.2, 0.25) is 0 Å². The molecule has 0 bridgehead atoms. The van der Waals surface area contributed by atoms with Crippen LogP contribution >= 0.6 is 0 Å². The standard InChI is InChI=1S/C10H18O/c1-5-8(2)6-9(3)7-10(4)11/h5,8-9H,1,6-7H2,2-4H3/t8-,9-/m1/s1. The fraction of sp³-hybridized carbons (Fsp3) is 0.700. The number of ketones is 1. The van der Waals surface area contributed by atoms with Crippen molar-refractivity contribution >= 4 is 5.78 Å². The predicted molar refractivity (Wildman–Crippen MR) is 48.4 cm³/mol. The lowest BCUT2D eigenvalue weighted by atomic mass is 9.94. The van der Waals surface area contributed by atoms with Crippen LogP contribution in [0.2, 0.25) is 0 Å². The molecular formula is C10H18O. The third-order valence-corrected chi connectivity index (χ3v) is 1.81. The summed E-state index contributed by atoms with van der Waals surface area (Å²) in [6, 6.07) is 0. The highest BCUT2D eigenvalue weighted by atomic mass is 16.1. The van der Waals surface area contributed by atoms with Crippen molar-refractivity contribution in [3.8, 4) is 0 Å². The van der Waals surface area contributed by atoms with Crippen LogP contribution in [-0.4, -0.2) is 5.78 Å². The van der Waals surface area contributed by atoms with Crippen molar-refractivity contribution in [2.45, 2.75) is 33.6 Å². The normalized spacial score (nSPS) is 15.5. The second-order valence-corrected chi connectivity index (χ2v) is 3.46. The maximum absolute atomic E-state index is 10.7. The lowest BCUT2D eigenvalue weighted by molar-refractivity contribution is -0.117. The minimum absolute atomic E-state index is 0.286. The Kier molecular flexibility index (Phi) is 4.84. The van der Waals surface area contributed by atoms with E-state index < -0.39 is 0 Å². The zero-order valence-corrected chi connectivity index (χ0v) is 7.76. The van der Waals surface area contributed by atoms with Gasteiger partial charge in [0, 0.05) is 6.42 Å². The Bertz CT molecular complexity index is 138. The van der Waals surface area contributed by atoms with E-state index in [0.717, 1.165) is 6.42 Å². The van der Waals surface area contributed by atoms with Crippen molar-refractivity contribution in [1.82, 2.24) is 0 Å². The SMILES string of the molecule is C=C[C@@H](C)C[C@@H](C)CC(C)=O. The molecule has 0 saturated heterocycles. The van der Waals surface area contributed by atoms with Crippen LogP contribution in [0.25, 0.3) is 0 Å². The smallest absolute Gasteiger partial charge is 0.130 e. The van der Waals surface area contributed by atoms with Gasteiger partial charge < -0.3 is 4.79 Å². The first-order chi connectivity index (χ1) is 5.06. The molecule has 2 atom stereocenters. The van der Waals surface area contributed by atoms with Crippen LogP contribution in [0, 0.1) is 11.8 Å². The van der Waals surface area contributed by atoms with Crippen LogP contribution in [-0.2, 0) is 4.79 Å². The number of hydrogen-bond acceptors (Lipinski definition) is 1. The fourth-order valence-electron chi connectivity index (χ4n) is 1.30. The molecule has 64 valence electrons. The van der Waals surface area contributed by atoms with Crippen LogP contribution in [0.3, 0.4) is 0 Å². The first kappa shape index (κ1) is 10.4. The molecule has 1 nitrogen and oxygen atoms in total. The number of Topliss-reactive ketones (excluding diaryl/α,β-unsaturated/α-hetero) is 1. The monoisotopic (exact) mass is 154 g/mol. The van der Waals surface area contributed by atoms with Crippen LogP contribution in [0.5, 0.6) is 0 Å². The maximum Gasteiger partial charge on any atom is 0.130 e. The van der Waals surface area contributed by atoms with Crippen LogP contribution in [0.1, 0.15) is 33.6 Å². The third-order valence-electron chi connectivity index (χ3n) is 1.81. The second-order valence-electron chi connectivity index (χ2n) is 3.46. The summed E-state index contributed by atoms with van der Waals surface area (Å²) in [7, 11) is 0. The molecule has 0 aromatic heterocycles. The molecule has 0 aliphatic heterocycles. The van der Waals surface area contributed by atoms with Gasteiger partial charge in [0.05, 0.1) is 0 Å². The van der Waals surface area contributed by atoms with E-state index in [9.17, 15) is 4.79 Å². The minimum Gasteiger partial charge on any atom is -0.300 e. The first-order valence-electron chi connectivity index (χ1n) is 4.18. The average Bonchev–Trinajstić information content (AvgIpc) is 1.85. The molecule has 0 radical (unpaired) electrons. The first-order valence-corrected chi connectivity index (χ1v) is 4.18. The molecule has 0 aliphatic carbocycles. The Labute approximate surface area is 69.5 Å². The quantitative estimate of drug-likeness (QED) is 0.556. The number of hydrogen-bond donors (Lipinski definition) is 0. The van der Waals surface area contributed by atoms with Crippen molar-refractivity contribution in [3.05, 3.63) is 12.7 Å². The van der Waals surface area contributed by atoms with E-state index >= 15 is 0 Å². The van der Waals surface area contributed by atoms with E-state index in [2.05, 4.69) is 20.4 Å². The van der Waals surface area contributed by atoms with Gasteiger partial charge in [0.15, 0.2) is 0 Å². The highest BCUT2D eigenvalue weighted by molar-refractivity contribution is 5.75. The summed E-state index contributed by atoms with van der Waals surface area (Å²) in [5.74, 6) is 1.32. The van der Waals surface area contributed by atoms with Gasteiger partial charge >= 0.3 is 0 Å². The fourth-order valence-corrected chi connectivity index (χ4v) is 1.30. The van der Waals surface area contributed by atoms with E-state index in [-0.39, 0.29) is 5.78 Å². The summed E-state index contributed by atoms with van der Waals surface area (Å²) < 4.78 is 0. The largest absolute Gasteiger partial charge is 0.300 e. The van der Waals surface area contributed by atoms with Gasteiger partial charge in [-0.3, -0.25) is 0 Å². The molecular weight excluding hydrogens is 136 g/mol. The Balaban J connectivity index is 3.59. The van der Waals surface area contributed by atoms with Crippen molar-refractivity contribution in [1.29, 1.82) is 0 Å². The minimum atomic E-state index is 0.286. The summed E-state index contributed by atoms with van der Waals surface area (Å²) in [5, 5.41) is 0. The van der Waals surface area contributed by atoms with E-state index in [4.69, 9.17) is 0 Å². The molecule has 0 spiro atoms. The number of allylic oxidation sites excluding steroid dienone is 1. The van der Waals surface area contributed by atoms with Gasteiger partial charge in [-0.2, -0.15) is 0 Å². The maximum atomic E-state index is 10.7. The highest BCUT2D eigenvalue weighted by Gasteiger charge is 2.07. The summed E-state index contributed by atoms with van der Waals surface area (Å²) in [5.41, 5.74) is 0. The molecule has 1 heteroatoms. The molecule has 0 saturated carbocycles. The number of carbonyl (C=O) groups is 1.